The molecule has 0 atom stereocenters. The van der Waals surface area contributed by atoms with Crippen LogP contribution in [0.5, 0.6) is 0 Å². The molecule has 19 heavy (non-hydrogen) atoms. The molecule has 0 fully saturated rings. The summed E-state index contributed by atoms with van der Waals surface area (Å²) in [5.41, 5.74) is 0.241. The van der Waals surface area contributed by atoms with Gasteiger partial charge in [-0.1, -0.05) is 59.3 Å². The molecule has 0 aliphatic heterocycles. The zero-order valence-corrected chi connectivity index (χ0v) is 13.0. The summed E-state index contributed by atoms with van der Waals surface area (Å²) in [6.07, 6.45) is 0. The number of anilines is 1. The third-order valence-corrected chi connectivity index (χ3v) is 4.57. The lowest BCUT2D eigenvalue weighted by atomic mass is 10.2. The molecule has 100 valence electrons. The molecule has 0 spiro atoms. The minimum atomic E-state index is -0.389. The van der Waals surface area contributed by atoms with Crippen LogP contribution in [0.3, 0.4) is 0 Å². The van der Waals surface area contributed by atoms with Gasteiger partial charge in [0, 0.05) is 0 Å². The molecule has 2 aromatic rings. The van der Waals surface area contributed by atoms with Crippen molar-refractivity contribution in [1.29, 1.82) is 0 Å². The first-order chi connectivity index (χ1) is 9.11. The quantitative estimate of drug-likeness (QED) is 0.672. The summed E-state index contributed by atoms with van der Waals surface area (Å²) in [4.78, 5) is 12.1. The SMILES string of the molecule is CCSc1nnc(NC(=O)c2c(Cl)cccc2Cl)s1. The maximum absolute atomic E-state index is 12.1. The van der Waals surface area contributed by atoms with E-state index in [1.807, 2.05) is 6.92 Å². The maximum Gasteiger partial charge on any atom is 0.260 e. The van der Waals surface area contributed by atoms with E-state index in [0.29, 0.717) is 15.2 Å². The molecule has 1 aromatic heterocycles. The second-order valence-corrected chi connectivity index (χ2v) is 6.66. The number of carbonyl (C=O) groups excluding carboxylic acids is 1. The fourth-order valence-corrected chi connectivity index (χ4v) is 3.53. The Bertz CT molecular complexity index is 583. The highest BCUT2D eigenvalue weighted by atomic mass is 35.5. The smallest absolute Gasteiger partial charge is 0.260 e. The number of nitrogens with one attached hydrogen (secondary N) is 1. The van der Waals surface area contributed by atoms with Crippen LogP contribution in [0.1, 0.15) is 17.3 Å². The van der Waals surface area contributed by atoms with Crippen molar-refractivity contribution in [2.45, 2.75) is 11.3 Å². The van der Waals surface area contributed by atoms with Crippen LogP contribution in [0, 0.1) is 0 Å². The van der Waals surface area contributed by atoms with Crippen LogP contribution in [0.4, 0.5) is 5.13 Å². The number of hydrogen-bond donors (Lipinski definition) is 1. The average molecular weight is 334 g/mol. The largest absolute Gasteiger partial charge is 0.296 e. The number of amides is 1. The van der Waals surface area contributed by atoms with Gasteiger partial charge in [-0.05, 0) is 17.9 Å². The van der Waals surface area contributed by atoms with Crippen molar-refractivity contribution in [3.8, 4) is 0 Å². The summed E-state index contributed by atoms with van der Waals surface area (Å²) in [6, 6.07) is 4.91. The second kappa shape index (κ2) is 6.56. The lowest BCUT2D eigenvalue weighted by Crippen LogP contribution is -2.12. The molecule has 8 heteroatoms. The van der Waals surface area contributed by atoms with Gasteiger partial charge in [-0.15, -0.1) is 10.2 Å². The molecule has 0 bridgehead atoms. The molecule has 1 N–H and O–H groups in total. The van der Waals surface area contributed by atoms with Gasteiger partial charge in [0.2, 0.25) is 5.13 Å². The summed E-state index contributed by atoms with van der Waals surface area (Å²) < 4.78 is 0.808. The van der Waals surface area contributed by atoms with Crippen molar-refractivity contribution >= 4 is 57.3 Å². The molecule has 0 saturated heterocycles. The number of rotatable bonds is 4. The van der Waals surface area contributed by atoms with Gasteiger partial charge >= 0.3 is 0 Å². The Morgan fingerprint density at radius 2 is 2.05 bits per heavy atom. The summed E-state index contributed by atoms with van der Waals surface area (Å²) in [5.74, 6) is 0.513. The van der Waals surface area contributed by atoms with E-state index in [4.69, 9.17) is 23.2 Å². The normalized spacial score (nSPS) is 10.5. The maximum atomic E-state index is 12.1. The van der Waals surface area contributed by atoms with Crippen LogP contribution in [0.15, 0.2) is 22.5 Å². The first-order valence-corrected chi connectivity index (χ1v) is 7.89. The van der Waals surface area contributed by atoms with Crippen molar-refractivity contribution in [3.05, 3.63) is 33.8 Å². The molecule has 4 nitrogen and oxygen atoms in total. The van der Waals surface area contributed by atoms with Crippen molar-refractivity contribution in [2.75, 3.05) is 11.1 Å². The van der Waals surface area contributed by atoms with Crippen LogP contribution in [-0.4, -0.2) is 21.9 Å². The molecular weight excluding hydrogens is 325 g/mol. The van der Waals surface area contributed by atoms with Gasteiger partial charge in [0.25, 0.3) is 5.91 Å². The molecule has 0 saturated carbocycles. The van der Waals surface area contributed by atoms with Crippen molar-refractivity contribution < 1.29 is 4.79 Å². The van der Waals surface area contributed by atoms with E-state index in [9.17, 15) is 4.79 Å². The number of hydrogen-bond acceptors (Lipinski definition) is 5. The van der Waals surface area contributed by atoms with Crippen molar-refractivity contribution in [1.82, 2.24) is 10.2 Å². The standard InChI is InChI=1S/C11H9Cl2N3OS2/c1-2-18-11-16-15-10(19-11)14-9(17)8-6(12)4-3-5-7(8)13/h3-5H,2H2,1H3,(H,14,15,17). The summed E-state index contributed by atoms with van der Waals surface area (Å²) in [5, 5.41) is 11.5. The monoisotopic (exact) mass is 333 g/mol. The van der Waals surface area contributed by atoms with E-state index in [1.54, 1.807) is 30.0 Å². The third kappa shape index (κ3) is 3.60. The van der Waals surface area contributed by atoms with E-state index in [2.05, 4.69) is 15.5 Å². The molecule has 0 radical (unpaired) electrons. The predicted molar refractivity (Wildman–Crippen MR) is 80.7 cm³/mol. The molecule has 1 heterocycles. The molecule has 0 aliphatic rings. The summed E-state index contributed by atoms with van der Waals surface area (Å²) in [7, 11) is 0. The van der Waals surface area contributed by atoms with E-state index < -0.39 is 0 Å². The van der Waals surface area contributed by atoms with Gasteiger partial charge in [0.15, 0.2) is 4.34 Å². The molecule has 1 amide bonds. The van der Waals surface area contributed by atoms with Crippen molar-refractivity contribution in [2.24, 2.45) is 0 Å². The Morgan fingerprint density at radius 3 is 2.68 bits per heavy atom. The van der Waals surface area contributed by atoms with E-state index in [1.165, 1.54) is 11.3 Å². The molecule has 1 aromatic carbocycles. The number of aromatic nitrogens is 2. The van der Waals surface area contributed by atoms with E-state index in [-0.39, 0.29) is 11.5 Å². The zero-order chi connectivity index (χ0) is 13.8. The first kappa shape index (κ1) is 14.6. The van der Waals surface area contributed by atoms with Crippen LogP contribution in [-0.2, 0) is 0 Å². The Balaban J connectivity index is 2.16. The van der Waals surface area contributed by atoms with Gasteiger partial charge in [-0.2, -0.15) is 0 Å². The lowest BCUT2D eigenvalue weighted by molar-refractivity contribution is 0.102. The average Bonchev–Trinajstić information content (AvgIpc) is 2.77. The van der Waals surface area contributed by atoms with Gasteiger partial charge in [0.1, 0.15) is 0 Å². The van der Waals surface area contributed by atoms with Crippen LogP contribution in [0.25, 0.3) is 0 Å². The Morgan fingerprint density at radius 1 is 1.37 bits per heavy atom. The molecular formula is C11H9Cl2N3OS2. The molecule has 2 rings (SSSR count). The highest BCUT2D eigenvalue weighted by Crippen LogP contribution is 2.28. The fourth-order valence-electron chi connectivity index (χ4n) is 1.32. The summed E-state index contributed by atoms with van der Waals surface area (Å²) >= 11 is 14.8. The van der Waals surface area contributed by atoms with E-state index >= 15 is 0 Å². The Kier molecular flexibility index (Phi) is 5.04. The third-order valence-electron chi connectivity index (χ3n) is 2.08. The number of nitrogens with zero attached hydrogens (tertiary/aromatic N) is 2. The van der Waals surface area contributed by atoms with Crippen molar-refractivity contribution in [3.63, 3.8) is 0 Å². The minimum Gasteiger partial charge on any atom is -0.296 e. The van der Waals surface area contributed by atoms with Crippen LogP contribution >= 0.6 is 46.3 Å². The zero-order valence-electron chi connectivity index (χ0n) is 9.81. The highest BCUT2D eigenvalue weighted by molar-refractivity contribution is 8.01. The van der Waals surface area contributed by atoms with Gasteiger partial charge in [-0.3, -0.25) is 10.1 Å². The van der Waals surface area contributed by atoms with Crippen LogP contribution < -0.4 is 5.32 Å². The second-order valence-electron chi connectivity index (χ2n) is 3.36. The number of thioether (sulfide) groups is 1. The number of benzene rings is 1. The predicted octanol–water partition coefficient (Wildman–Crippen LogP) is 4.21. The van der Waals surface area contributed by atoms with Crippen LogP contribution in [0.2, 0.25) is 10.0 Å². The number of halogens is 2. The molecule has 0 aliphatic carbocycles. The topological polar surface area (TPSA) is 54.9 Å². The van der Waals surface area contributed by atoms with Gasteiger partial charge in [-0.25, -0.2) is 0 Å². The Hall–Kier alpha value is -0.820. The highest BCUT2D eigenvalue weighted by Gasteiger charge is 2.16. The number of carbonyl (C=O) groups is 1. The lowest BCUT2D eigenvalue weighted by Gasteiger charge is -2.05. The Labute approximate surface area is 128 Å². The fraction of sp³-hybridized carbons (Fsp3) is 0.182. The summed E-state index contributed by atoms with van der Waals surface area (Å²) in [6.45, 7) is 2.02. The molecule has 0 unspecified atom stereocenters. The first-order valence-electron chi connectivity index (χ1n) is 5.33. The van der Waals surface area contributed by atoms with E-state index in [0.717, 1.165) is 10.1 Å². The minimum absolute atomic E-state index is 0.241. The van der Waals surface area contributed by atoms with Gasteiger partial charge < -0.3 is 0 Å². The van der Waals surface area contributed by atoms with Gasteiger partial charge in [0.05, 0.1) is 15.6 Å².